The van der Waals surface area contributed by atoms with Crippen LogP contribution in [0.25, 0.3) is 0 Å². The number of quaternary nitrogens is 1. The predicted molar refractivity (Wildman–Crippen MR) is 69.9 cm³/mol. The van der Waals surface area contributed by atoms with Crippen molar-refractivity contribution in [1.82, 2.24) is 0 Å². The molecular formula is C14H31NO. The van der Waals surface area contributed by atoms with Crippen LogP contribution in [0.1, 0.15) is 57.8 Å². The number of nitrogens with zero attached hydrogens (tertiary/aromatic N) is 1. The monoisotopic (exact) mass is 229 g/mol. The molecule has 0 bridgehead atoms. The molecule has 16 heavy (non-hydrogen) atoms. The fourth-order valence-corrected chi connectivity index (χ4v) is 2.85. The molecule has 0 amide bonds. The van der Waals surface area contributed by atoms with E-state index in [1.807, 2.05) is 0 Å². The van der Waals surface area contributed by atoms with Crippen LogP contribution < -0.4 is 0 Å². The number of hydrogen-bond donors (Lipinski definition) is 0. The Hall–Kier alpha value is -0.0800. The van der Waals surface area contributed by atoms with Crippen LogP contribution in [0.15, 0.2) is 0 Å². The maximum absolute atomic E-state index is 2.33. The first-order valence-corrected chi connectivity index (χ1v) is 6.88. The van der Waals surface area contributed by atoms with Gasteiger partial charge in [-0.2, -0.15) is 0 Å². The lowest BCUT2D eigenvalue weighted by Gasteiger charge is -2.29. The quantitative estimate of drug-likeness (QED) is 0.665. The van der Waals surface area contributed by atoms with Crippen LogP contribution in [0.5, 0.6) is 0 Å². The topological polar surface area (TPSA) is 30.0 Å². The first-order chi connectivity index (χ1) is 7.08. The zero-order valence-electron chi connectivity index (χ0n) is 11.5. The first kappa shape index (κ1) is 15.9. The molecule has 0 unspecified atom stereocenters. The highest BCUT2D eigenvalue weighted by Crippen LogP contribution is 2.22. The van der Waals surface area contributed by atoms with Gasteiger partial charge in [-0.1, -0.05) is 44.9 Å². The van der Waals surface area contributed by atoms with Crippen LogP contribution in [-0.2, 0) is 0 Å². The van der Waals surface area contributed by atoms with Gasteiger partial charge in [0.05, 0.1) is 27.7 Å². The van der Waals surface area contributed by atoms with E-state index in [0.717, 1.165) is 10.4 Å². The minimum Gasteiger partial charge on any atom is -0.870 e. The van der Waals surface area contributed by atoms with Crippen molar-refractivity contribution in [3.8, 4) is 0 Å². The van der Waals surface area contributed by atoms with E-state index in [4.69, 9.17) is 0 Å². The van der Waals surface area contributed by atoms with Gasteiger partial charge in [0.25, 0.3) is 0 Å². The summed E-state index contributed by atoms with van der Waals surface area (Å²) in [6, 6.07) is 0. The molecule has 0 aromatic carbocycles. The predicted octanol–water partition coefficient (Wildman–Crippen LogP) is 3.66. The molecule has 0 radical (unpaired) electrons. The lowest BCUT2D eigenvalue weighted by atomic mass is 9.91. The second-order valence-electron chi connectivity index (χ2n) is 6.39. The maximum atomic E-state index is 2.33. The highest BCUT2D eigenvalue weighted by molar-refractivity contribution is 4.62. The van der Waals surface area contributed by atoms with E-state index >= 15 is 0 Å². The second-order valence-corrected chi connectivity index (χ2v) is 6.39. The van der Waals surface area contributed by atoms with Crippen molar-refractivity contribution in [2.24, 2.45) is 5.92 Å². The zero-order chi connectivity index (χ0) is 11.1. The smallest absolute Gasteiger partial charge is 0.0809 e. The van der Waals surface area contributed by atoms with Crippen LogP contribution in [0.4, 0.5) is 0 Å². The molecule has 1 aliphatic carbocycles. The highest BCUT2D eigenvalue weighted by atomic mass is 16.0. The third-order valence-electron chi connectivity index (χ3n) is 3.53. The lowest BCUT2D eigenvalue weighted by molar-refractivity contribution is -0.874. The summed E-state index contributed by atoms with van der Waals surface area (Å²) in [5.74, 6) is 0.989. The molecule has 98 valence electrons. The second kappa shape index (κ2) is 8.08. The Kier molecular flexibility index (Phi) is 8.04. The Balaban J connectivity index is 0.00000225. The highest BCUT2D eigenvalue weighted by Gasteiger charge is 2.17. The largest absolute Gasteiger partial charge is 0.870 e. The molecule has 1 saturated carbocycles. The molecule has 1 fully saturated rings. The van der Waals surface area contributed by atoms with E-state index in [9.17, 15) is 0 Å². The van der Waals surface area contributed by atoms with Gasteiger partial charge >= 0.3 is 0 Å². The third kappa shape index (κ3) is 8.12. The SMILES string of the molecule is C[N+](C)(C)CC1CCCCCCCCC1.[OH-]. The van der Waals surface area contributed by atoms with Gasteiger partial charge in [0, 0.05) is 5.92 Å². The molecule has 0 saturated heterocycles. The number of hydrogen-bond acceptors (Lipinski definition) is 1. The van der Waals surface area contributed by atoms with Crippen molar-refractivity contribution in [2.75, 3.05) is 27.7 Å². The average Bonchev–Trinajstić information content (AvgIpc) is 2.13. The summed E-state index contributed by atoms with van der Waals surface area (Å²) in [5.41, 5.74) is 0. The molecule has 0 spiro atoms. The lowest BCUT2D eigenvalue weighted by Crippen LogP contribution is -2.39. The summed E-state index contributed by atoms with van der Waals surface area (Å²) in [4.78, 5) is 0. The summed E-state index contributed by atoms with van der Waals surface area (Å²) in [6.07, 6.45) is 13.3. The first-order valence-electron chi connectivity index (χ1n) is 6.88. The fraction of sp³-hybridized carbons (Fsp3) is 1.00. The summed E-state index contributed by atoms with van der Waals surface area (Å²) >= 11 is 0. The van der Waals surface area contributed by atoms with E-state index in [0.29, 0.717) is 0 Å². The zero-order valence-corrected chi connectivity index (χ0v) is 11.5. The summed E-state index contributed by atoms with van der Waals surface area (Å²) in [6.45, 7) is 1.38. The molecule has 2 heteroatoms. The minimum absolute atomic E-state index is 0. The molecule has 0 aliphatic heterocycles. The van der Waals surface area contributed by atoms with Gasteiger partial charge in [0.1, 0.15) is 0 Å². The summed E-state index contributed by atoms with van der Waals surface area (Å²) in [7, 11) is 7.00. The van der Waals surface area contributed by atoms with E-state index in [1.54, 1.807) is 0 Å². The molecule has 0 heterocycles. The van der Waals surface area contributed by atoms with Crippen LogP contribution in [-0.4, -0.2) is 37.6 Å². The van der Waals surface area contributed by atoms with Crippen molar-refractivity contribution < 1.29 is 9.96 Å². The molecule has 1 rings (SSSR count). The Labute approximate surface area is 102 Å². The van der Waals surface area contributed by atoms with Crippen LogP contribution in [0.2, 0.25) is 0 Å². The Morgan fingerprint density at radius 2 is 1.12 bits per heavy atom. The van der Waals surface area contributed by atoms with E-state index in [-0.39, 0.29) is 5.48 Å². The van der Waals surface area contributed by atoms with E-state index in [2.05, 4.69) is 21.1 Å². The van der Waals surface area contributed by atoms with E-state index < -0.39 is 0 Å². The van der Waals surface area contributed by atoms with E-state index in [1.165, 1.54) is 64.3 Å². The van der Waals surface area contributed by atoms with Crippen LogP contribution in [0, 0.1) is 5.92 Å². The third-order valence-corrected chi connectivity index (χ3v) is 3.53. The minimum atomic E-state index is 0. The van der Waals surface area contributed by atoms with Crippen molar-refractivity contribution in [2.45, 2.75) is 57.8 Å². The molecular weight excluding hydrogens is 198 g/mol. The van der Waals surface area contributed by atoms with Crippen molar-refractivity contribution in [3.63, 3.8) is 0 Å². The Morgan fingerprint density at radius 1 is 0.750 bits per heavy atom. The van der Waals surface area contributed by atoms with Gasteiger partial charge in [0.15, 0.2) is 0 Å². The van der Waals surface area contributed by atoms with Crippen LogP contribution >= 0.6 is 0 Å². The van der Waals surface area contributed by atoms with Crippen molar-refractivity contribution in [3.05, 3.63) is 0 Å². The van der Waals surface area contributed by atoms with Gasteiger partial charge < -0.3 is 9.96 Å². The maximum Gasteiger partial charge on any atom is 0.0809 e. The van der Waals surface area contributed by atoms with Gasteiger partial charge in [-0.05, 0) is 12.8 Å². The molecule has 1 aliphatic rings. The molecule has 0 aromatic rings. The molecule has 1 N–H and O–H groups in total. The van der Waals surface area contributed by atoms with Gasteiger partial charge in [0.2, 0.25) is 0 Å². The molecule has 0 aromatic heterocycles. The molecule has 0 atom stereocenters. The van der Waals surface area contributed by atoms with Crippen molar-refractivity contribution >= 4 is 0 Å². The fourth-order valence-electron chi connectivity index (χ4n) is 2.85. The van der Waals surface area contributed by atoms with Crippen LogP contribution in [0.3, 0.4) is 0 Å². The normalized spacial score (nSPS) is 21.2. The van der Waals surface area contributed by atoms with Gasteiger partial charge in [-0.3, -0.25) is 0 Å². The standard InChI is InChI=1S/C14H30N.H2O/c1-15(2,3)13-14-11-9-7-5-4-6-8-10-12-14;/h14H,4-13H2,1-3H3;1H2/q+1;/p-1. The Bertz CT molecular complexity index is 153. The summed E-state index contributed by atoms with van der Waals surface area (Å²) < 4.78 is 1.14. The Morgan fingerprint density at radius 3 is 1.50 bits per heavy atom. The van der Waals surface area contributed by atoms with Gasteiger partial charge in [-0.15, -0.1) is 0 Å². The molecule has 2 nitrogen and oxygen atoms in total. The average molecular weight is 229 g/mol. The number of rotatable bonds is 2. The van der Waals surface area contributed by atoms with Crippen molar-refractivity contribution in [1.29, 1.82) is 0 Å². The summed E-state index contributed by atoms with van der Waals surface area (Å²) in [5, 5.41) is 0. The van der Waals surface area contributed by atoms with Gasteiger partial charge in [-0.25, -0.2) is 0 Å².